The molecule has 1 saturated carbocycles. The summed E-state index contributed by atoms with van der Waals surface area (Å²) in [6.45, 7) is 1.92. The Morgan fingerprint density at radius 2 is 1.84 bits per heavy atom. The lowest BCUT2D eigenvalue weighted by Gasteiger charge is -2.08. The van der Waals surface area contributed by atoms with Gasteiger partial charge in [-0.2, -0.15) is 0 Å². The first-order valence-corrected chi connectivity index (χ1v) is 8.11. The molecule has 0 spiro atoms. The van der Waals surface area contributed by atoms with Crippen LogP contribution in [0.25, 0.3) is 0 Å². The first-order valence-electron chi connectivity index (χ1n) is 6.63. The molecule has 0 bridgehead atoms. The molecule has 1 aromatic carbocycles. The summed E-state index contributed by atoms with van der Waals surface area (Å²) < 4.78 is 25.4. The van der Waals surface area contributed by atoms with Gasteiger partial charge in [0, 0.05) is 18.3 Å². The van der Waals surface area contributed by atoms with E-state index in [4.69, 9.17) is 0 Å². The van der Waals surface area contributed by atoms with Gasteiger partial charge < -0.3 is 10.6 Å². The highest BCUT2D eigenvalue weighted by molar-refractivity contribution is 7.89. The van der Waals surface area contributed by atoms with Crippen molar-refractivity contribution >= 4 is 15.7 Å². The minimum absolute atomic E-state index is 0.288. The first-order chi connectivity index (χ1) is 9.12. The number of sulfonamides is 1. The lowest BCUT2D eigenvalue weighted by Crippen LogP contribution is -2.20. The van der Waals surface area contributed by atoms with Crippen LogP contribution in [0.3, 0.4) is 0 Å². The van der Waals surface area contributed by atoms with Gasteiger partial charge >= 0.3 is 0 Å². The minimum Gasteiger partial charge on any atom is -0.385 e. The number of nitrogens with one attached hydrogen (secondary N) is 3. The van der Waals surface area contributed by atoms with Crippen LogP contribution >= 0.6 is 0 Å². The SMILES string of the molecule is CNS(=O)(=O)c1ccc(NCCCNC2CC2)cc1. The Labute approximate surface area is 114 Å². The highest BCUT2D eigenvalue weighted by Crippen LogP contribution is 2.18. The molecule has 0 radical (unpaired) electrons. The zero-order chi connectivity index (χ0) is 13.7. The molecule has 5 nitrogen and oxygen atoms in total. The van der Waals surface area contributed by atoms with E-state index in [-0.39, 0.29) is 4.90 Å². The third-order valence-corrected chi connectivity index (χ3v) is 4.56. The average Bonchev–Trinajstić information content (AvgIpc) is 3.23. The van der Waals surface area contributed by atoms with Crippen LogP contribution in [0, 0.1) is 0 Å². The molecule has 0 aliphatic heterocycles. The predicted molar refractivity (Wildman–Crippen MR) is 76.8 cm³/mol. The lowest BCUT2D eigenvalue weighted by atomic mass is 10.3. The van der Waals surface area contributed by atoms with E-state index in [1.54, 1.807) is 24.3 Å². The molecule has 0 unspecified atom stereocenters. The van der Waals surface area contributed by atoms with Crippen LogP contribution in [0.4, 0.5) is 5.69 Å². The molecule has 0 heterocycles. The number of rotatable bonds is 8. The normalized spacial score (nSPS) is 15.4. The van der Waals surface area contributed by atoms with Crippen molar-refractivity contribution in [3.8, 4) is 0 Å². The maximum Gasteiger partial charge on any atom is 0.240 e. The van der Waals surface area contributed by atoms with Crippen molar-refractivity contribution in [1.82, 2.24) is 10.0 Å². The Balaban J connectivity index is 1.74. The Hall–Kier alpha value is -1.11. The summed E-state index contributed by atoms with van der Waals surface area (Å²) in [5, 5.41) is 6.73. The van der Waals surface area contributed by atoms with E-state index >= 15 is 0 Å². The van der Waals surface area contributed by atoms with Crippen molar-refractivity contribution in [2.45, 2.75) is 30.2 Å². The number of anilines is 1. The van der Waals surface area contributed by atoms with Crippen LogP contribution in [-0.4, -0.2) is 34.6 Å². The van der Waals surface area contributed by atoms with Gasteiger partial charge in [-0.25, -0.2) is 13.1 Å². The molecule has 19 heavy (non-hydrogen) atoms. The summed E-state index contributed by atoms with van der Waals surface area (Å²) in [6, 6.07) is 7.55. The van der Waals surface area contributed by atoms with Crippen LogP contribution in [-0.2, 0) is 10.0 Å². The summed E-state index contributed by atoms with van der Waals surface area (Å²) in [4.78, 5) is 0.288. The van der Waals surface area contributed by atoms with Gasteiger partial charge in [-0.15, -0.1) is 0 Å². The second kappa shape index (κ2) is 6.36. The maximum absolute atomic E-state index is 11.5. The molecule has 1 fully saturated rings. The van der Waals surface area contributed by atoms with Crippen molar-refractivity contribution < 1.29 is 8.42 Å². The second-order valence-corrected chi connectivity index (χ2v) is 6.63. The molecular formula is C13H21N3O2S. The van der Waals surface area contributed by atoms with Crippen molar-refractivity contribution in [2.75, 3.05) is 25.5 Å². The highest BCUT2D eigenvalue weighted by atomic mass is 32.2. The number of hydrogen-bond acceptors (Lipinski definition) is 4. The minimum atomic E-state index is -3.33. The summed E-state index contributed by atoms with van der Waals surface area (Å²) in [5.41, 5.74) is 0.946. The van der Waals surface area contributed by atoms with Crippen LogP contribution in [0.2, 0.25) is 0 Å². The Morgan fingerprint density at radius 1 is 1.16 bits per heavy atom. The van der Waals surface area contributed by atoms with Gasteiger partial charge in [0.15, 0.2) is 0 Å². The van der Waals surface area contributed by atoms with Crippen molar-refractivity contribution in [3.05, 3.63) is 24.3 Å². The van der Waals surface area contributed by atoms with Gasteiger partial charge in [0.2, 0.25) is 10.0 Å². The Kier molecular flexibility index (Phi) is 4.79. The van der Waals surface area contributed by atoms with E-state index in [9.17, 15) is 8.42 Å². The summed E-state index contributed by atoms with van der Waals surface area (Å²) in [7, 11) is -1.92. The molecule has 1 aromatic rings. The fourth-order valence-corrected chi connectivity index (χ4v) is 2.51. The first kappa shape index (κ1) is 14.3. The zero-order valence-corrected chi connectivity index (χ0v) is 12.0. The Morgan fingerprint density at radius 3 is 2.42 bits per heavy atom. The van der Waals surface area contributed by atoms with E-state index in [0.29, 0.717) is 0 Å². The van der Waals surface area contributed by atoms with E-state index in [0.717, 1.165) is 31.2 Å². The Bertz CT molecular complexity index is 495. The largest absolute Gasteiger partial charge is 0.385 e. The molecule has 1 aliphatic rings. The number of hydrogen-bond donors (Lipinski definition) is 3. The van der Waals surface area contributed by atoms with E-state index in [2.05, 4.69) is 15.4 Å². The lowest BCUT2D eigenvalue weighted by molar-refractivity contribution is 0.588. The van der Waals surface area contributed by atoms with Crippen LogP contribution in [0.1, 0.15) is 19.3 Å². The fourth-order valence-electron chi connectivity index (χ4n) is 1.78. The van der Waals surface area contributed by atoms with Crippen molar-refractivity contribution in [3.63, 3.8) is 0 Å². The molecule has 6 heteroatoms. The third-order valence-electron chi connectivity index (χ3n) is 3.13. The number of benzene rings is 1. The standard InChI is InChI=1S/C13H21N3O2S/c1-14-19(17,18)13-7-5-12(6-8-13)16-10-2-9-15-11-3-4-11/h5-8,11,14-16H,2-4,9-10H2,1H3. The second-order valence-electron chi connectivity index (χ2n) is 4.74. The summed E-state index contributed by atoms with van der Waals surface area (Å²) in [5.74, 6) is 0. The predicted octanol–water partition coefficient (Wildman–Crippen LogP) is 1.15. The molecule has 0 saturated heterocycles. The molecule has 106 valence electrons. The summed E-state index contributed by atoms with van der Waals surface area (Å²) in [6.07, 6.45) is 3.69. The molecule has 0 amide bonds. The van der Waals surface area contributed by atoms with Gasteiger partial charge in [-0.05, 0) is 57.1 Å². The van der Waals surface area contributed by atoms with Gasteiger partial charge in [-0.3, -0.25) is 0 Å². The zero-order valence-electron chi connectivity index (χ0n) is 11.1. The van der Waals surface area contributed by atoms with Gasteiger partial charge in [0.05, 0.1) is 4.90 Å². The average molecular weight is 283 g/mol. The molecule has 0 aromatic heterocycles. The van der Waals surface area contributed by atoms with Crippen LogP contribution in [0.15, 0.2) is 29.2 Å². The van der Waals surface area contributed by atoms with E-state index in [1.807, 2.05) is 0 Å². The molecule has 2 rings (SSSR count). The smallest absolute Gasteiger partial charge is 0.240 e. The molecule has 0 atom stereocenters. The van der Waals surface area contributed by atoms with Crippen LogP contribution in [0.5, 0.6) is 0 Å². The fraction of sp³-hybridized carbons (Fsp3) is 0.538. The van der Waals surface area contributed by atoms with E-state index < -0.39 is 10.0 Å². The molecule has 3 N–H and O–H groups in total. The van der Waals surface area contributed by atoms with Gasteiger partial charge in [0.1, 0.15) is 0 Å². The molecular weight excluding hydrogens is 262 g/mol. The summed E-state index contributed by atoms with van der Waals surface area (Å²) >= 11 is 0. The topological polar surface area (TPSA) is 70.2 Å². The van der Waals surface area contributed by atoms with Crippen LogP contribution < -0.4 is 15.4 Å². The quantitative estimate of drug-likeness (QED) is 0.626. The third kappa shape index (κ3) is 4.49. The van der Waals surface area contributed by atoms with Gasteiger partial charge in [0.25, 0.3) is 0 Å². The maximum atomic E-state index is 11.5. The monoisotopic (exact) mass is 283 g/mol. The highest BCUT2D eigenvalue weighted by Gasteiger charge is 2.19. The van der Waals surface area contributed by atoms with Gasteiger partial charge in [-0.1, -0.05) is 0 Å². The van der Waals surface area contributed by atoms with E-state index in [1.165, 1.54) is 19.9 Å². The molecule has 1 aliphatic carbocycles. The van der Waals surface area contributed by atoms with Crippen molar-refractivity contribution in [2.24, 2.45) is 0 Å². The van der Waals surface area contributed by atoms with Crippen molar-refractivity contribution in [1.29, 1.82) is 0 Å².